The van der Waals surface area contributed by atoms with Crippen LogP contribution in [0.1, 0.15) is 56.1 Å². The summed E-state index contributed by atoms with van der Waals surface area (Å²) in [5.74, 6) is 2.29. The Morgan fingerprint density at radius 2 is 2.06 bits per heavy atom. The van der Waals surface area contributed by atoms with Gasteiger partial charge in [0.2, 0.25) is 0 Å². The van der Waals surface area contributed by atoms with Gasteiger partial charge in [0.25, 0.3) is 0 Å². The lowest BCUT2D eigenvalue weighted by Gasteiger charge is -2.19. The van der Waals surface area contributed by atoms with Gasteiger partial charge < -0.3 is 10.1 Å². The molecule has 1 heterocycles. The molecule has 100 valence electrons. The number of rotatable bonds is 3. The predicted octanol–water partition coefficient (Wildman–Crippen LogP) is 3.68. The van der Waals surface area contributed by atoms with Crippen LogP contribution in [0.5, 0.6) is 5.75 Å². The largest absolute Gasteiger partial charge is 0.496 e. The molecule has 1 aromatic carbocycles. The van der Waals surface area contributed by atoms with Gasteiger partial charge in [0.1, 0.15) is 5.75 Å². The Labute approximate surface area is 111 Å². The van der Waals surface area contributed by atoms with E-state index in [-0.39, 0.29) is 0 Å². The predicted molar refractivity (Wildman–Crippen MR) is 76.5 cm³/mol. The van der Waals surface area contributed by atoms with Gasteiger partial charge >= 0.3 is 0 Å². The fourth-order valence-corrected chi connectivity index (χ4v) is 2.75. The Balaban J connectivity index is 2.25. The standard InChI is InChI=1S/C16H25NO/c1-12(2)14-6-7-15(16(11-14)18-3)13-5-4-9-17-10-8-13/h6-7,11-13,17H,4-5,8-10H2,1-3H3. The zero-order chi connectivity index (χ0) is 13.0. The second-order valence-corrected chi connectivity index (χ2v) is 5.53. The van der Waals surface area contributed by atoms with E-state index in [4.69, 9.17) is 4.74 Å². The molecule has 1 aromatic rings. The molecule has 0 aliphatic carbocycles. The van der Waals surface area contributed by atoms with E-state index in [1.54, 1.807) is 7.11 Å². The van der Waals surface area contributed by atoms with E-state index in [2.05, 4.69) is 37.4 Å². The maximum absolute atomic E-state index is 5.61. The molecule has 1 saturated heterocycles. The Kier molecular flexibility index (Phi) is 4.65. The highest BCUT2D eigenvalue weighted by Gasteiger charge is 2.18. The normalized spacial score (nSPS) is 20.8. The van der Waals surface area contributed by atoms with Crippen LogP contribution in [-0.4, -0.2) is 20.2 Å². The van der Waals surface area contributed by atoms with Crippen molar-refractivity contribution in [2.75, 3.05) is 20.2 Å². The van der Waals surface area contributed by atoms with Crippen molar-refractivity contribution in [1.82, 2.24) is 5.32 Å². The number of ether oxygens (including phenoxy) is 1. The maximum atomic E-state index is 5.61. The molecule has 1 unspecified atom stereocenters. The first-order chi connectivity index (χ1) is 8.72. The van der Waals surface area contributed by atoms with E-state index in [1.807, 2.05) is 0 Å². The van der Waals surface area contributed by atoms with Gasteiger partial charge in [-0.05, 0) is 61.4 Å². The van der Waals surface area contributed by atoms with E-state index in [1.165, 1.54) is 30.4 Å². The molecule has 2 rings (SSSR count). The molecule has 0 aromatic heterocycles. The highest BCUT2D eigenvalue weighted by Crippen LogP contribution is 2.35. The smallest absolute Gasteiger partial charge is 0.122 e. The lowest BCUT2D eigenvalue weighted by atomic mass is 9.89. The summed E-state index contributed by atoms with van der Waals surface area (Å²) in [5.41, 5.74) is 2.76. The summed E-state index contributed by atoms with van der Waals surface area (Å²) in [7, 11) is 1.79. The highest BCUT2D eigenvalue weighted by atomic mass is 16.5. The maximum Gasteiger partial charge on any atom is 0.122 e. The summed E-state index contributed by atoms with van der Waals surface area (Å²) in [6, 6.07) is 6.77. The van der Waals surface area contributed by atoms with Crippen LogP contribution in [0.4, 0.5) is 0 Å². The molecule has 1 aliphatic heterocycles. The van der Waals surface area contributed by atoms with Crippen molar-refractivity contribution >= 4 is 0 Å². The molecule has 0 amide bonds. The summed E-state index contributed by atoms with van der Waals surface area (Å²) in [5, 5.41) is 3.47. The molecule has 1 fully saturated rings. The topological polar surface area (TPSA) is 21.3 Å². The van der Waals surface area contributed by atoms with Crippen LogP contribution in [-0.2, 0) is 0 Å². The van der Waals surface area contributed by atoms with Crippen LogP contribution in [0.15, 0.2) is 18.2 Å². The highest BCUT2D eigenvalue weighted by molar-refractivity contribution is 5.41. The summed E-state index contributed by atoms with van der Waals surface area (Å²) < 4.78 is 5.61. The van der Waals surface area contributed by atoms with Gasteiger partial charge in [-0.3, -0.25) is 0 Å². The summed E-state index contributed by atoms with van der Waals surface area (Å²) >= 11 is 0. The molecule has 1 aliphatic rings. The number of methoxy groups -OCH3 is 1. The van der Waals surface area contributed by atoms with Crippen molar-refractivity contribution in [2.24, 2.45) is 0 Å². The van der Waals surface area contributed by atoms with E-state index >= 15 is 0 Å². The second kappa shape index (κ2) is 6.24. The van der Waals surface area contributed by atoms with Gasteiger partial charge in [-0.15, -0.1) is 0 Å². The van der Waals surface area contributed by atoms with Crippen molar-refractivity contribution in [3.05, 3.63) is 29.3 Å². The fraction of sp³-hybridized carbons (Fsp3) is 0.625. The average Bonchev–Trinajstić information content (AvgIpc) is 2.66. The number of benzene rings is 1. The van der Waals surface area contributed by atoms with Gasteiger partial charge in [0.05, 0.1) is 7.11 Å². The molecule has 2 heteroatoms. The third-order valence-corrected chi connectivity index (χ3v) is 3.94. The summed E-state index contributed by atoms with van der Waals surface area (Å²) in [4.78, 5) is 0. The minimum atomic E-state index is 0.559. The quantitative estimate of drug-likeness (QED) is 0.880. The molecule has 0 saturated carbocycles. The molecule has 0 radical (unpaired) electrons. The lowest BCUT2D eigenvalue weighted by Crippen LogP contribution is -2.14. The van der Waals surface area contributed by atoms with Crippen molar-refractivity contribution in [2.45, 2.75) is 44.9 Å². The zero-order valence-electron chi connectivity index (χ0n) is 11.8. The lowest BCUT2D eigenvalue weighted by molar-refractivity contribution is 0.402. The molecule has 1 N–H and O–H groups in total. The third kappa shape index (κ3) is 3.05. The van der Waals surface area contributed by atoms with Crippen LogP contribution in [0, 0.1) is 0 Å². The third-order valence-electron chi connectivity index (χ3n) is 3.94. The van der Waals surface area contributed by atoms with Crippen LogP contribution in [0.3, 0.4) is 0 Å². The SMILES string of the molecule is COc1cc(C(C)C)ccc1C1CCCNCC1. The molecule has 18 heavy (non-hydrogen) atoms. The first-order valence-corrected chi connectivity index (χ1v) is 7.11. The molecular weight excluding hydrogens is 222 g/mol. The minimum absolute atomic E-state index is 0.559. The Morgan fingerprint density at radius 1 is 1.22 bits per heavy atom. The van der Waals surface area contributed by atoms with Crippen LogP contribution in [0.25, 0.3) is 0 Å². The van der Waals surface area contributed by atoms with Crippen LogP contribution in [0.2, 0.25) is 0 Å². The first kappa shape index (κ1) is 13.4. The Morgan fingerprint density at radius 3 is 2.78 bits per heavy atom. The molecule has 1 atom stereocenters. The molecular formula is C16H25NO. The number of nitrogens with one attached hydrogen (secondary N) is 1. The van der Waals surface area contributed by atoms with E-state index in [0.717, 1.165) is 18.8 Å². The van der Waals surface area contributed by atoms with Gasteiger partial charge in [-0.2, -0.15) is 0 Å². The van der Waals surface area contributed by atoms with Crippen molar-refractivity contribution < 1.29 is 4.74 Å². The van der Waals surface area contributed by atoms with Crippen LogP contribution < -0.4 is 10.1 Å². The Hall–Kier alpha value is -1.02. The fourth-order valence-electron chi connectivity index (χ4n) is 2.75. The van der Waals surface area contributed by atoms with Gasteiger partial charge in [0.15, 0.2) is 0 Å². The molecule has 0 spiro atoms. The van der Waals surface area contributed by atoms with Crippen LogP contribution >= 0.6 is 0 Å². The van der Waals surface area contributed by atoms with E-state index < -0.39 is 0 Å². The number of hydrogen-bond donors (Lipinski definition) is 1. The molecule has 2 nitrogen and oxygen atoms in total. The van der Waals surface area contributed by atoms with Crippen molar-refractivity contribution in [3.8, 4) is 5.75 Å². The van der Waals surface area contributed by atoms with Crippen molar-refractivity contribution in [3.63, 3.8) is 0 Å². The van der Waals surface area contributed by atoms with Gasteiger partial charge in [-0.25, -0.2) is 0 Å². The van der Waals surface area contributed by atoms with E-state index in [0.29, 0.717) is 11.8 Å². The first-order valence-electron chi connectivity index (χ1n) is 7.11. The van der Waals surface area contributed by atoms with Gasteiger partial charge in [0, 0.05) is 0 Å². The summed E-state index contributed by atoms with van der Waals surface area (Å²) in [6.45, 7) is 6.73. The second-order valence-electron chi connectivity index (χ2n) is 5.53. The van der Waals surface area contributed by atoms with Gasteiger partial charge in [-0.1, -0.05) is 26.0 Å². The Bertz CT molecular complexity index is 379. The van der Waals surface area contributed by atoms with Crippen molar-refractivity contribution in [1.29, 1.82) is 0 Å². The monoisotopic (exact) mass is 247 g/mol. The molecule has 0 bridgehead atoms. The average molecular weight is 247 g/mol. The zero-order valence-corrected chi connectivity index (χ0v) is 11.8. The summed E-state index contributed by atoms with van der Waals surface area (Å²) in [6.07, 6.45) is 3.75. The van der Waals surface area contributed by atoms with E-state index in [9.17, 15) is 0 Å². The number of hydrogen-bond acceptors (Lipinski definition) is 2. The minimum Gasteiger partial charge on any atom is -0.496 e.